The SMILES string of the molecule is CCOC(=O)[C@@]1(Cc2ccccc2)[NH2+][C@@H](c2cccs2)[C@H]2C(=O)N(C)C(=O)[C@@H]21. The van der Waals surface area contributed by atoms with E-state index in [1.165, 1.54) is 11.9 Å². The van der Waals surface area contributed by atoms with Gasteiger partial charge in [-0.2, -0.15) is 0 Å². The van der Waals surface area contributed by atoms with Crippen LogP contribution in [-0.4, -0.2) is 41.9 Å². The van der Waals surface area contributed by atoms with Crippen LogP contribution in [0.15, 0.2) is 47.8 Å². The van der Waals surface area contributed by atoms with Crippen LogP contribution in [0.3, 0.4) is 0 Å². The first-order chi connectivity index (χ1) is 13.5. The molecule has 0 bridgehead atoms. The minimum Gasteiger partial charge on any atom is -0.461 e. The Kier molecular flexibility index (Phi) is 4.81. The standard InChI is InChI=1S/C21H22N2O4S/c1-3-27-20(26)21(12-13-8-5-4-6-9-13)16-15(18(24)23(2)19(16)25)17(22-21)14-10-7-11-28-14/h4-11,15-17,22H,3,12H2,1-2H3/p+1/t15-,16+,17-,21-/m0/s1. The smallest absolute Gasteiger partial charge is 0.369 e. The normalized spacial score (nSPS) is 29.2. The van der Waals surface area contributed by atoms with Crippen LogP contribution in [0, 0.1) is 11.8 Å². The number of nitrogens with two attached hydrogens (primary N) is 1. The van der Waals surface area contributed by atoms with Gasteiger partial charge in [0.2, 0.25) is 17.4 Å². The minimum absolute atomic E-state index is 0.219. The predicted octanol–water partition coefficient (Wildman–Crippen LogP) is 1.14. The molecule has 2 amide bonds. The highest BCUT2D eigenvalue weighted by molar-refractivity contribution is 7.10. The van der Waals surface area contributed by atoms with Gasteiger partial charge >= 0.3 is 5.97 Å². The number of thiophene rings is 1. The molecule has 3 heterocycles. The van der Waals surface area contributed by atoms with Crippen molar-refractivity contribution in [2.75, 3.05) is 13.7 Å². The fraction of sp³-hybridized carbons (Fsp3) is 0.381. The van der Waals surface area contributed by atoms with Gasteiger partial charge < -0.3 is 10.1 Å². The van der Waals surface area contributed by atoms with E-state index < -0.39 is 23.3 Å². The van der Waals surface area contributed by atoms with Crippen molar-refractivity contribution in [1.82, 2.24) is 4.90 Å². The van der Waals surface area contributed by atoms with Gasteiger partial charge in [0.05, 0.1) is 11.5 Å². The molecule has 0 aliphatic carbocycles. The Balaban J connectivity index is 1.85. The highest BCUT2D eigenvalue weighted by Gasteiger charge is 2.72. The molecule has 6 nitrogen and oxygen atoms in total. The molecule has 0 saturated carbocycles. The fourth-order valence-corrected chi connectivity index (χ4v) is 5.48. The Morgan fingerprint density at radius 3 is 2.57 bits per heavy atom. The van der Waals surface area contributed by atoms with E-state index in [1.54, 1.807) is 18.3 Å². The van der Waals surface area contributed by atoms with Gasteiger partial charge in [0, 0.05) is 13.5 Å². The van der Waals surface area contributed by atoms with Crippen LogP contribution in [0.5, 0.6) is 0 Å². The Bertz CT molecular complexity index is 898. The van der Waals surface area contributed by atoms with Crippen molar-refractivity contribution < 1.29 is 24.4 Å². The number of esters is 1. The van der Waals surface area contributed by atoms with Crippen LogP contribution >= 0.6 is 11.3 Å². The van der Waals surface area contributed by atoms with Crippen molar-refractivity contribution in [2.45, 2.75) is 24.9 Å². The number of quaternary nitrogens is 1. The lowest BCUT2D eigenvalue weighted by Crippen LogP contribution is -2.98. The number of amides is 2. The molecule has 2 fully saturated rings. The van der Waals surface area contributed by atoms with E-state index in [1.807, 2.05) is 53.2 Å². The summed E-state index contributed by atoms with van der Waals surface area (Å²) in [5, 5.41) is 3.87. The van der Waals surface area contributed by atoms with Crippen LogP contribution in [0.4, 0.5) is 0 Å². The molecule has 1 aromatic carbocycles. The monoisotopic (exact) mass is 399 g/mol. The Morgan fingerprint density at radius 1 is 1.18 bits per heavy atom. The maximum absolute atomic E-state index is 13.3. The first-order valence-electron chi connectivity index (χ1n) is 9.41. The number of hydrogen-bond donors (Lipinski definition) is 1. The second-order valence-electron chi connectivity index (χ2n) is 7.37. The Labute approximate surface area is 167 Å². The summed E-state index contributed by atoms with van der Waals surface area (Å²) in [5.74, 6) is -2.25. The highest BCUT2D eigenvalue weighted by Crippen LogP contribution is 2.46. The van der Waals surface area contributed by atoms with E-state index >= 15 is 0 Å². The van der Waals surface area contributed by atoms with Crippen molar-refractivity contribution in [3.63, 3.8) is 0 Å². The van der Waals surface area contributed by atoms with E-state index in [0.717, 1.165) is 10.4 Å². The minimum atomic E-state index is -1.16. The number of rotatable bonds is 5. The van der Waals surface area contributed by atoms with Gasteiger partial charge in [-0.05, 0) is 23.9 Å². The van der Waals surface area contributed by atoms with Gasteiger partial charge in [-0.15, -0.1) is 11.3 Å². The number of carbonyl (C=O) groups excluding carboxylic acids is 3. The quantitative estimate of drug-likeness (QED) is 0.604. The summed E-state index contributed by atoms with van der Waals surface area (Å²) in [5.41, 5.74) is -0.221. The van der Waals surface area contributed by atoms with Crippen molar-refractivity contribution in [3.05, 3.63) is 58.3 Å². The van der Waals surface area contributed by atoms with E-state index in [4.69, 9.17) is 4.74 Å². The number of hydrogen-bond acceptors (Lipinski definition) is 5. The third kappa shape index (κ3) is 2.77. The van der Waals surface area contributed by atoms with Crippen LogP contribution in [0.1, 0.15) is 23.4 Å². The van der Waals surface area contributed by atoms with Crippen molar-refractivity contribution >= 4 is 29.1 Å². The van der Waals surface area contributed by atoms with E-state index in [-0.39, 0.29) is 24.5 Å². The van der Waals surface area contributed by atoms with Gasteiger partial charge in [-0.25, -0.2) is 4.79 Å². The van der Waals surface area contributed by atoms with Gasteiger partial charge in [0.25, 0.3) is 0 Å². The summed E-state index contributed by atoms with van der Waals surface area (Å²) in [6.07, 6.45) is 0.336. The maximum Gasteiger partial charge on any atom is 0.369 e. The molecule has 7 heteroatoms. The number of ether oxygens (including phenoxy) is 1. The zero-order valence-corrected chi connectivity index (χ0v) is 16.6. The summed E-state index contributed by atoms with van der Waals surface area (Å²) in [6.45, 7) is 1.98. The molecule has 2 aliphatic rings. The average molecular weight is 399 g/mol. The van der Waals surface area contributed by atoms with E-state index in [0.29, 0.717) is 6.42 Å². The van der Waals surface area contributed by atoms with Gasteiger partial charge in [0.15, 0.2) is 0 Å². The third-order valence-corrected chi connectivity index (χ3v) is 6.83. The lowest BCUT2D eigenvalue weighted by atomic mass is 9.76. The molecule has 4 atom stereocenters. The molecule has 2 aromatic rings. The molecular formula is C21H23N2O4S+. The molecule has 4 rings (SSSR count). The van der Waals surface area contributed by atoms with Crippen molar-refractivity contribution in [2.24, 2.45) is 11.8 Å². The zero-order valence-electron chi connectivity index (χ0n) is 15.8. The maximum atomic E-state index is 13.3. The molecule has 1 aromatic heterocycles. The number of fused-ring (bicyclic) bond motifs is 1. The average Bonchev–Trinajstić information content (AvgIpc) is 3.38. The summed E-state index contributed by atoms with van der Waals surface area (Å²) < 4.78 is 5.45. The third-order valence-electron chi connectivity index (χ3n) is 5.86. The van der Waals surface area contributed by atoms with Crippen LogP contribution in [0.25, 0.3) is 0 Å². The first-order valence-corrected chi connectivity index (χ1v) is 10.3. The van der Waals surface area contributed by atoms with E-state index in [2.05, 4.69) is 0 Å². The van der Waals surface area contributed by atoms with Crippen LogP contribution in [-0.2, 0) is 25.5 Å². The Morgan fingerprint density at radius 2 is 1.93 bits per heavy atom. The second-order valence-corrected chi connectivity index (χ2v) is 8.35. The van der Waals surface area contributed by atoms with Crippen LogP contribution in [0.2, 0.25) is 0 Å². The number of benzene rings is 1. The summed E-state index contributed by atoms with van der Waals surface area (Å²) in [7, 11) is 1.51. The molecule has 2 aliphatic heterocycles. The zero-order chi connectivity index (χ0) is 19.9. The number of nitrogens with zero attached hydrogens (tertiary/aromatic N) is 1. The molecule has 146 valence electrons. The molecule has 0 spiro atoms. The summed E-state index contributed by atoms with van der Waals surface area (Å²) >= 11 is 1.54. The Hall–Kier alpha value is -2.51. The molecule has 2 N–H and O–H groups in total. The number of likely N-dealkylation sites (tertiary alicyclic amines) is 1. The van der Waals surface area contributed by atoms with Gasteiger partial charge in [0.1, 0.15) is 17.9 Å². The summed E-state index contributed by atoms with van der Waals surface area (Å²) in [6, 6.07) is 13.2. The molecule has 28 heavy (non-hydrogen) atoms. The molecule has 0 unspecified atom stereocenters. The molecular weight excluding hydrogens is 376 g/mol. The molecule has 2 saturated heterocycles. The second kappa shape index (κ2) is 7.14. The lowest BCUT2D eigenvalue weighted by Gasteiger charge is -2.29. The summed E-state index contributed by atoms with van der Waals surface area (Å²) in [4.78, 5) is 41.5. The highest BCUT2D eigenvalue weighted by atomic mass is 32.1. The number of carbonyl (C=O) groups is 3. The largest absolute Gasteiger partial charge is 0.461 e. The van der Waals surface area contributed by atoms with Crippen molar-refractivity contribution in [3.8, 4) is 0 Å². The molecule has 0 radical (unpaired) electrons. The lowest BCUT2D eigenvalue weighted by molar-refractivity contribution is -0.733. The van der Waals surface area contributed by atoms with Crippen molar-refractivity contribution in [1.29, 1.82) is 0 Å². The topological polar surface area (TPSA) is 80.3 Å². The van der Waals surface area contributed by atoms with Gasteiger partial charge in [-0.1, -0.05) is 36.4 Å². The number of imide groups is 1. The predicted molar refractivity (Wildman–Crippen MR) is 103 cm³/mol. The fourth-order valence-electron chi connectivity index (χ4n) is 4.64. The van der Waals surface area contributed by atoms with Gasteiger partial charge in [-0.3, -0.25) is 14.5 Å². The first kappa shape index (κ1) is 18.8. The van der Waals surface area contributed by atoms with Crippen LogP contribution < -0.4 is 5.32 Å². The van der Waals surface area contributed by atoms with E-state index in [9.17, 15) is 14.4 Å².